The quantitative estimate of drug-likeness (QED) is 0.829. The van der Waals surface area contributed by atoms with E-state index >= 15 is 0 Å². The Bertz CT molecular complexity index is 691. The first-order valence-corrected chi connectivity index (χ1v) is 9.87. The number of methoxy groups -OCH3 is 1. The number of nitrogens with one attached hydrogen (secondary N) is 1. The smallest absolute Gasteiger partial charge is 0.234 e. The molecule has 3 rings (SSSR count). The average Bonchev–Trinajstić information content (AvgIpc) is 3.05. The molecule has 27 heavy (non-hydrogen) atoms. The summed E-state index contributed by atoms with van der Waals surface area (Å²) >= 11 is 0. The fourth-order valence-electron chi connectivity index (χ4n) is 4.37. The zero-order valence-electron chi connectivity index (χ0n) is 16.7. The van der Waals surface area contributed by atoms with Gasteiger partial charge in [-0.1, -0.05) is 18.2 Å². The van der Waals surface area contributed by atoms with Crippen molar-refractivity contribution in [1.82, 2.24) is 15.1 Å². The van der Waals surface area contributed by atoms with Gasteiger partial charge in [-0.2, -0.15) is 0 Å². The average molecular weight is 373 g/mol. The largest absolute Gasteiger partial charge is 0.496 e. The van der Waals surface area contributed by atoms with Gasteiger partial charge < -0.3 is 15.0 Å². The molecule has 2 heterocycles. The molecule has 1 atom stereocenters. The van der Waals surface area contributed by atoms with Gasteiger partial charge in [0.05, 0.1) is 19.1 Å². The Labute approximate surface area is 161 Å². The van der Waals surface area contributed by atoms with Crippen LogP contribution >= 0.6 is 0 Å². The van der Waals surface area contributed by atoms with Crippen molar-refractivity contribution in [3.8, 4) is 5.75 Å². The SMILES string of the molecule is COc1ccccc1CNC(=O)CN1CCC2(CCCN(C(C)C)C2=O)C1. The Morgan fingerprint density at radius 3 is 2.78 bits per heavy atom. The van der Waals surface area contributed by atoms with Crippen LogP contribution < -0.4 is 10.1 Å². The Kier molecular flexibility index (Phi) is 6.05. The summed E-state index contributed by atoms with van der Waals surface area (Å²) in [6.45, 7) is 7.30. The van der Waals surface area contributed by atoms with E-state index in [0.29, 0.717) is 19.6 Å². The van der Waals surface area contributed by atoms with Crippen LogP contribution in [0, 0.1) is 5.41 Å². The lowest BCUT2D eigenvalue weighted by Gasteiger charge is -2.41. The number of carbonyl (C=O) groups excluding carboxylic acids is 2. The number of ether oxygens (including phenoxy) is 1. The van der Waals surface area contributed by atoms with E-state index in [4.69, 9.17) is 4.74 Å². The molecule has 0 aliphatic carbocycles. The van der Waals surface area contributed by atoms with Crippen LogP contribution in [-0.4, -0.2) is 60.9 Å². The van der Waals surface area contributed by atoms with Crippen LogP contribution in [0.3, 0.4) is 0 Å². The Morgan fingerprint density at radius 1 is 1.26 bits per heavy atom. The lowest BCUT2D eigenvalue weighted by Crippen LogP contribution is -2.52. The molecule has 2 aliphatic heterocycles. The fourth-order valence-corrected chi connectivity index (χ4v) is 4.37. The Morgan fingerprint density at radius 2 is 2.04 bits per heavy atom. The minimum absolute atomic E-state index is 0.0121. The van der Waals surface area contributed by atoms with Crippen molar-refractivity contribution in [3.05, 3.63) is 29.8 Å². The highest BCUT2D eigenvalue weighted by Crippen LogP contribution is 2.40. The number of carbonyl (C=O) groups is 2. The van der Waals surface area contributed by atoms with Crippen molar-refractivity contribution in [2.45, 2.75) is 45.7 Å². The predicted molar refractivity (Wildman–Crippen MR) is 104 cm³/mol. The molecule has 0 aromatic heterocycles. The van der Waals surface area contributed by atoms with Gasteiger partial charge in [-0.05, 0) is 45.7 Å². The lowest BCUT2D eigenvalue weighted by molar-refractivity contribution is -0.147. The highest BCUT2D eigenvalue weighted by Gasteiger charge is 2.48. The molecule has 1 unspecified atom stereocenters. The highest BCUT2D eigenvalue weighted by molar-refractivity contribution is 5.85. The van der Waals surface area contributed by atoms with Crippen LogP contribution in [0.2, 0.25) is 0 Å². The summed E-state index contributed by atoms with van der Waals surface area (Å²) < 4.78 is 5.32. The third kappa shape index (κ3) is 4.26. The van der Waals surface area contributed by atoms with E-state index < -0.39 is 0 Å². The molecule has 2 fully saturated rings. The summed E-state index contributed by atoms with van der Waals surface area (Å²) in [6, 6.07) is 7.93. The van der Waals surface area contributed by atoms with E-state index in [2.05, 4.69) is 24.1 Å². The van der Waals surface area contributed by atoms with Crippen LogP contribution in [0.4, 0.5) is 0 Å². The van der Waals surface area contributed by atoms with Crippen LogP contribution in [0.5, 0.6) is 5.75 Å². The van der Waals surface area contributed by atoms with Crippen molar-refractivity contribution < 1.29 is 14.3 Å². The second-order valence-electron chi connectivity index (χ2n) is 8.03. The van der Waals surface area contributed by atoms with Gasteiger partial charge in [0, 0.05) is 31.2 Å². The van der Waals surface area contributed by atoms with Crippen molar-refractivity contribution in [1.29, 1.82) is 0 Å². The molecular formula is C21H31N3O3. The first-order valence-electron chi connectivity index (χ1n) is 9.87. The first kappa shape index (κ1) is 19.7. The number of likely N-dealkylation sites (tertiary alicyclic amines) is 2. The maximum Gasteiger partial charge on any atom is 0.234 e. The Balaban J connectivity index is 1.53. The molecule has 2 saturated heterocycles. The topological polar surface area (TPSA) is 61.9 Å². The fraction of sp³-hybridized carbons (Fsp3) is 0.619. The standard InChI is InChI=1S/C21H31N3O3/c1-16(2)24-11-6-9-21(20(24)26)10-12-23(15-21)14-19(25)22-13-17-7-4-5-8-18(17)27-3/h4-5,7-8,16H,6,9-15H2,1-3H3,(H,22,25). The molecule has 2 amide bonds. The number of para-hydroxylation sites is 1. The zero-order valence-corrected chi connectivity index (χ0v) is 16.7. The molecule has 6 heteroatoms. The lowest BCUT2D eigenvalue weighted by atomic mass is 9.78. The van der Waals surface area contributed by atoms with Crippen molar-refractivity contribution in [2.75, 3.05) is 33.3 Å². The first-order chi connectivity index (χ1) is 12.9. The van der Waals surface area contributed by atoms with Crippen LogP contribution in [0.25, 0.3) is 0 Å². The molecule has 148 valence electrons. The monoisotopic (exact) mass is 373 g/mol. The maximum atomic E-state index is 13.0. The zero-order chi connectivity index (χ0) is 19.4. The second kappa shape index (κ2) is 8.30. The van der Waals surface area contributed by atoms with E-state index in [1.54, 1.807) is 7.11 Å². The van der Waals surface area contributed by atoms with Crippen molar-refractivity contribution in [2.24, 2.45) is 5.41 Å². The van der Waals surface area contributed by atoms with Crippen molar-refractivity contribution >= 4 is 11.8 Å². The summed E-state index contributed by atoms with van der Waals surface area (Å²) in [5.41, 5.74) is 0.673. The molecule has 0 saturated carbocycles. The maximum absolute atomic E-state index is 13.0. The molecule has 1 aromatic carbocycles. The van der Waals surface area contributed by atoms with Gasteiger partial charge in [-0.25, -0.2) is 0 Å². The molecule has 1 N–H and O–H groups in total. The second-order valence-corrected chi connectivity index (χ2v) is 8.03. The number of piperidine rings is 1. The van der Waals surface area contributed by atoms with E-state index in [-0.39, 0.29) is 23.3 Å². The van der Waals surface area contributed by atoms with Crippen LogP contribution in [0.1, 0.15) is 38.7 Å². The molecule has 6 nitrogen and oxygen atoms in total. The summed E-state index contributed by atoms with van der Waals surface area (Å²) in [5, 5.41) is 2.97. The minimum atomic E-state index is -0.286. The van der Waals surface area contributed by atoms with E-state index in [0.717, 1.165) is 43.7 Å². The summed E-state index contributed by atoms with van der Waals surface area (Å²) in [7, 11) is 1.63. The summed E-state index contributed by atoms with van der Waals surface area (Å²) in [4.78, 5) is 29.5. The third-order valence-electron chi connectivity index (χ3n) is 5.86. The van der Waals surface area contributed by atoms with E-state index in [1.807, 2.05) is 29.2 Å². The number of hydrogen-bond donors (Lipinski definition) is 1. The Hall–Kier alpha value is -2.08. The minimum Gasteiger partial charge on any atom is -0.496 e. The number of benzene rings is 1. The normalized spacial score (nSPS) is 23.3. The number of amides is 2. The number of hydrogen-bond acceptors (Lipinski definition) is 4. The van der Waals surface area contributed by atoms with Gasteiger partial charge in [-0.3, -0.25) is 14.5 Å². The molecule has 0 bridgehead atoms. The van der Waals surface area contributed by atoms with Crippen molar-refractivity contribution in [3.63, 3.8) is 0 Å². The number of nitrogens with zero attached hydrogens (tertiary/aromatic N) is 2. The molecule has 1 aromatic rings. The van der Waals surface area contributed by atoms with E-state index in [9.17, 15) is 9.59 Å². The van der Waals surface area contributed by atoms with Gasteiger partial charge in [-0.15, -0.1) is 0 Å². The van der Waals surface area contributed by atoms with Crippen LogP contribution in [0.15, 0.2) is 24.3 Å². The molecule has 1 spiro atoms. The molecule has 2 aliphatic rings. The van der Waals surface area contributed by atoms with E-state index in [1.165, 1.54) is 0 Å². The van der Waals surface area contributed by atoms with Gasteiger partial charge in [0.15, 0.2) is 0 Å². The highest BCUT2D eigenvalue weighted by atomic mass is 16.5. The van der Waals surface area contributed by atoms with Gasteiger partial charge >= 0.3 is 0 Å². The van der Waals surface area contributed by atoms with Gasteiger partial charge in [0.1, 0.15) is 5.75 Å². The predicted octanol–water partition coefficient (Wildman–Crippen LogP) is 2.03. The summed E-state index contributed by atoms with van der Waals surface area (Å²) in [5.74, 6) is 1.04. The molecule has 0 radical (unpaired) electrons. The summed E-state index contributed by atoms with van der Waals surface area (Å²) in [6.07, 6.45) is 2.85. The van der Waals surface area contributed by atoms with Gasteiger partial charge in [0.2, 0.25) is 11.8 Å². The van der Waals surface area contributed by atoms with Crippen LogP contribution in [-0.2, 0) is 16.1 Å². The number of rotatable bonds is 6. The third-order valence-corrected chi connectivity index (χ3v) is 5.86. The van der Waals surface area contributed by atoms with Gasteiger partial charge in [0.25, 0.3) is 0 Å². The molecular weight excluding hydrogens is 342 g/mol.